The lowest BCUT2D eigenvalue weighted by molar-refractivity contribution is -0.113. The van der Waals surface area contributed by atoms with Crippen LogP contribution in [0.5, 0.6) is 5.75 Å². The Labute approximate surface area is 161 Å². The van der Waals surface area contributed by atoms with Gasteiger partial charge in [0, 0.05) is 22.9 Å². The minimum absolute atomic E-state index is 0.485. The van der Waals surface area contributed by atoms with Crippen LogP contribution < -0.4 is 15.8 Å². The topological polar surface area (TPSA) is 90.1 Å². The molecule has 1 heterocycles. The molecule has 2 aromatic carbocycles. The number of primary amides is 1. The summed E-state index contributed by atoms with van der Waals surface area (Å²) in [5.74, 6) is 0.797. The predicted molar refractivity (Wildman–Crippen MR) is 107 cm³/mol. The van der Waals surface area contributed by atoms with Gasteiger partial charge in [-0.15, -0.1) is 0 Å². The molecule has 0 aliphatic heterocycles. The van der Waals surface area contributed by atoms with Crippen molar-refractivity contribution in [2.45, 2.75) is 9.92 Å². The molecule has 0 aliphatic rings. The third-order valence-corrected chi connectivity index (χ3v) is 4.40. The van der Waals surface area contributed by atoms with Crippen LogP contribution in [-0.4, -0.2) is 23.0 Å². The Morgan fingerprint density at radius 1 is 1.19 bits per heavy atom. The van der Waals surface area contributed by atoms with Gasteiger partial charge in [0.15, 0.2) is 0 Å². The number of nitrogens with zero attached hydrogens (tertiary/aromatic N) is 2. The number of hydrogen-bond acceptors (Lipinski definition) is 6. The molecule has 0 saturated heterocycles. The van der Waals surface area contributed by atoms with Gasteiger partial charge in [-0.25, -0.2) is 9.97 Å². The molecule has 0 unspecified atom stereocenters. The zero-order valence-corrected chi connectivity index (χ0v) is 15.4. The molecule has 1 amide bonds. The number of aromatic nitrogens is 2. The van der Waals surface area contributed by atoms with E-state index in [1.807, 2.05) is 54.6 Å². The maximum absolute atomic E-state index is 10.9. The van der Waals surface area contributed by atoms with Crippen LogP contribution >= 0.6 is 11.8 Å². The first-order valence-corrected chi connectivity index (χ1v) is 8.93. The molecule has 3 N–H and O–H groups in total. The summed E-state index contributed by atoms with van der Waals surface area (Å²) in [5.41, 5.74) is 6.79. The summed E-state index contributed by atoms with van der Waals surface area (Å²) in [5, 5.41) is 3.98. The molecule has 0 bridgehead atoms. The molecular formula is C20H18N4O2S. The highest BCUT2D eigenvalue weighted by Gasteiger charge is 2.04. The highest BCUT2D eigenvalue weighted by molar-refractivity contribution is 7.99. The minimum atomic E-state index is -0.487. The number of amides is 1. The summed E-state index contributed by atoms with van der Waals surface area (Å²) in [6.07, 6.45) is 4.68. The summed E-state index contributed by atoms with van der Waals surface area (Å²) in [4.78, 5) is 20.7. The molecule has 0 aliphatic carbocycles. The van der Waals surface area contributed by atoms with Crippen molar-refractivity contribution in [3.05, 3.63) is 72.4 Å². The SMILES string of the molecule is COc1cccc(Sc2ccnc(Nc3cccc(C=CC(N)=O)c3)n2)c1. The van der Waals surface area contributed by atoms with Crippen LogP contribution in [0.15, 0.2) is 76.8 Å². The van der Waals surface area contributed by atoms with Crippen LogP contribution in [-0.2, 0) is 4.79 Å². The standard InChI is InChI=1S/C20H18N4O2S/c1-26-16-6-3-7-17(13-16)27-19-10-11-22-20(24-19)23-15-5-2-4-14(12-15)8-9-18(21)25/h2-13H,1H3,(H2,21,25)(H,22,23,24). The second kappa shape index (κ2) is 8.86. The van der Waals surface area contributed by atoms with Crippen LogP contribution in [0.4, 0.5) is 11.6 Å². The first kappa shape index (κ1) is 18.5. The van der Waals surface area contributed by atoms with Gasteiger partial charge in [0.05, 0.1) is 7.11 Å². The average molecular weight is 378 g/mol. The monoisotopic (exact) mass is 378 g/mol. The third-order valence-electron chi connectivity index (χ3n) is 3.48. The van der Waals surface area contributed by atoms with E-state index in [1.165, 1.54) is 17.8 Å². The van der Waals surface area contributed by atoms with Gasteiger partial charge in [0.1, 0.15) is 10.8 Å². The number of carbonyl (C=O) groups is 1. The number of ether oxygens (including phenoxy) is 1. The van der Waals surface area contributed by atoms with Gasteiger partial charge in [-0.1, -0.05) is 30.0 Å². The maximum Gasteiger partial charge on any atom is 0.241 e. The van der Waals surface area contributed by atoms with E-state index in [-0.39, 0.29) is 0 Å². The van der Waals surface area contributed by atoms with Crippen molar-refractivity contribution in [1.29, 1.82) is 0 Å². The molecular weight excluding hydrogens is 360 g/mol. The number of nitrogens with two attached hydrogens (primary N) is 1. The molecule has 0 fully saturated rings. The Balaban J connectivity index is 1.74. The molecule has 0 spiro atoms. The van der Waals surface area contributed by atoms with Gasteiger partial charge in [0.2, 0.25) is 11.9 Å². The van der Waals surface area contributed by atoms with E-state index in [2.05, 4.69) is 15.3 Å². The Kier molecular flexibility index (Phi) is 6.06. The molecule has 3 aromatic rings. The fourth-order valence-corrected chi connectivity index (χ4v) is 3.10. The largest absolute Gasteiger partial charge is 0.497 e. The Hall–Kier alpha value is -3.32. The highest BCUT2D eigenvalue weighted by Crippen LogP contribution is 2.29. The lowest BCUT2D eigenvalue weighted by atomic mass is 10.2. The van der Waals surface area contributed by atoms with Crippen molar-refractivity contribution >= 4 is 35.4 Å². The van der Waals surface area contributed by atoms with Crippen LogP contribution in [0, 0.1) is 0 Å². The molecule has 1 aromatic heterocycles. The summed E-state index contributed by atoms with van der Waals surface area (Å²) in [6.45, 7) is 0. The normalized spacial score (nSPS) is 10.7. The van der Waals surface area contributed by atoms with E-state index in [1.54, 1.807) is 19.4 Å². The van der Waals surface area contributed by atoms with Crippen LogP contribution in [0.1, 0.15) is 5.56 Å². The van der Waals surface area contributed by atoms with E-state index < -0.39 is 5.91 Å². The van der Waals surface area contributed by atoms with Gasteiger partial charge in [-0.05, 0) is 48.0 Å². The second-order valence-electron chi connectivity index (χ2n) is 5.49. The van der Waals surface area contributed by atoms with Gasteiger partial charge in [0.25, 0.3) is 0 Å². The second-order valence-corrected chi connectivity index (χ2v) is 6.58. The Morgan fingerprint density at radius 3 is 2.85 bits per heavy atom. The van der Waals surface area contributed by atoms with Crippen molar-refractivity contribution in [2.75, 3.05) is 12.4 Å². The molecule has 0 atom stereocenters. The number of methoxy groups -OCH3 is 1. The number of anilines is 2. The zero-order chi connectivity index (χ0) is 19.1. The first-order chi connectivity index (χ1) is 13.1. The molecule has 6 nitrogen and oxygen atoms in total. The smallest absolute Gasteiger partial charge is 0.241 e. The van der Waals surface area contributed by atoms with Crippen molar-refractivity contribution < 1.29 is 9.53 Å². The van der Waals surface area contributed by atoms with E-state index in [0.717, 1.165) is 26.9 Å². The Bertz CT molecular complexity index is 975. The minimum Gasteiger partial charge on any atom is -0.497 e. The summed E-state index contributed by atoms with van der Waals surface area (Å²) >= 11 is 1.52. The Morgan fingerprint density at radius 2 is 2.04 bits per heavy atom. The summed E-state index contributed by atoms with van der Waals surface area (Å²) < 4.78 is 5.25. The fourth-order valence-electron chi connectivity index (χ4n) is 2.27. The predicted octanol–water partition coefficient (Wildman–Crippen LogP) is 3.88. The van der Waals surface area contributed by atoms with Gasteiger partial charge >= 0.3 is 0 Å². The van der Waals surface area contributed by atoms with Gasteiger partial charge in [-0.2, -0.15) is 0 Å². The number of rotatable bonds is 7. The maximum atomic E-state index is 10.9. The van der Waals surface area contributed by atoms with Crippen molar-refractivity contribution in [1.82, 2.24) is 9.97 Å². The molecule has 136 valence electrons. The van der Waals surface area contributed by atoms with E-state index in [9.17, 15) is 4.79 Å². The third kappa shape index (κ3) is 5.58. The lowest BCUT2D eigenvalue weighted by Gasteiger charge is -2.08. The molecule has 0 saturated carbocycles. The number of hydrogen-bond donors (Lipinski definition) is 2. The fraction of sp³-hybridized carbons (Fsp3) is 0.0500. The molecule has 0 radical (unpaired) electrons. The van der Waals surface area contributed by atoms with E-state index >= 15 is 0 Å². The number of nitrogens with one attached hydrogen (secondary N) is 1. The van der Waals surface area contributed by atoms with E-state index in [4.69, 9.17) is 10.5 Å². The van der Waals surface area contributed by atoms with E-state index in [0.29, 0.717) is 5.95 Å². The lowest BCUT2D eigenvalue weighted by Crippen LogP contribution is -2.05. The average Bonchev–Trinajstić information content (AvgIpc) is 2.67. The van der Waals surface area contributed by atoms with Crippen LogP contribution in [0.25, 0.3) is 6.08 Å². The van der Waals surface area contributed by atoms with Gasteiger partial charge in [-0.3, -0.25) is 4.79 Å². The quantitative estimate of drug-likeness (QED) is 0.479. The van der Waals surface area contributed by atoms with Crippen LogP contribution in [0.2, 0.25) is 0 Å². The zero-order valence-electron chi connectivity index (χ0n) is 14.6. The van der Waals surface area contributed by atoms with Crippen molar-refractivity contribution in [3.63, 3.8) is 0 Å². The van der Waals surface area contributed by atoms with Crippen molar-refractivity contribution in [3.8, 4) is 5.75 Å². The summed E-state index contributed by atoms with van der Waals surface area (Å²) in [6, 6.07) is 17.2. The first-order valence-electron chi connectivity index (χ1n) is 8.12. The molecule has 7 heteroatoms. The summed E-state index contributed by atoms with van der Waals surface area (Å²) in [7, 11) is 1.64. The molecule has 27 heavy (non-hydrogen) atoms. The van der Waals surface area contributed by atoms with Crippen molar-refractivity contribution in [2.24, 2.45) is 5.73 Å². The number of carbonyl (C=O) groups excluding carboxylic acids is 1. The number of benzene rings is 2. The highest BCUT2D eigenvalue weighted by atomic mass is 32.2. The van der Waals surface area contributed by atoms with Crippen LogP contribution in [0.3, 0.4) is 0 Å². The van der Waals surface area contributed by atoms with Gasteiger partial charge < -0.3 is 15.8 Å². The molecule has 3 rings (SSSR count).